The highest BCUT2D eigenvalue weighted by Crippen LogP contribution is 2.25. The number of rotatable bonds is 7. The van der Waals surface area contributed by atoms with Gasteiger partial charge in [0.2, 0.25) is 15.9 Å². The van der Waals surface area contributed by atoms with Gasteiger partial charge in [-0.25, -0.2) is 13.1 Å². The standard InChI is InChI=1S/C15H24N2O4S/c1-10(2)8-16-15(18)9-17-22(19,20)14-7-11(3)13(21-5)6-12(14)4/h6-7,10,17H,8-9H2,1-5H3,(H,16,18). The maximum Gasteiger partial charge on any atom is 0.241 e. The summed E-state index contributed by atoms with van der Waals surface area (Å²) in [6, 6.07) is 3.21. The van der Waals surface area contributed by atoms with Gasteiger partial charge in [-0.15, -0.1) is 0 Å². The fourth-order valence-corrected chi connectivity index (χ4v) is 3.18. The number of hydrogen-bond acceptors (Lipinski definition) is 4. The van der Waals surface area contributed by atoms with Crippen LogP contribution >= 0.6 is 0 Å². The first-order chi connectivity index (χ1) is 10.2. The number of carbonyl (C=O) groups is 1. The van der Waals surface area contributed by atoms with Crippen molar-refractivity contribution in [1.82, 2.24) is 10.0 Å². The minimum Gasteiger partial charge on any atom is -0.496 e. The second-order valence-electron chi connectivity index (χ2n) is 5.61. The number of ether oxygens (including phenoxy) is 1. The largest absolute Gasteiger partial charge is 0.496 e. The van der Waals surface area contributed by atoms with E-state index in [1.165, 1.54) is 7.11 Å². The minimum absolute atomic E-state index is 0.155. The Hall–Kier alpha value is -1.60. The summed E-state index contributed by atoms with van der Waals surface area (Å²) in [7, 11) is -2.20. The van der Waals surface area contributed by atoms with Crippen molar-refractivity contribution in [3.63, 3.8) is 0 Å². The van der Waals surface area contributed by atoms with Gasteiger partial charge in [0.1, 0.15) is 5.75 Å². The molecule has 1 aromatic rings. The van der Waals surface area contributed by atoms with Crippen molar-refractivity contribution < 1.29 is 17.9 Å². The van der Waals surface area contributed by atoms with Gasteiger partial charge in [0.25, 0.3) is 0 Å². The second-order valence-corrected chi connectivity index (χ2v) is 7.35. The highest BCUT2D eigenvalue weighted by molar-refractivity contribution is 7.89. The molecule has 0 fully saturated rings. The van der Waals surface area contributed by atoms with E-state index in [9.17, 15) is 13.2 Å². The third-order valence-electron chi connectivity index (χ3n) is 3.11. The Morgan fingerprint density at radius 2 is 1.86 bits per heavy atom. The molecule has 0 aliphatic carbocycles. The highest BCUT2D eigenvalue weighted by atomic mass is 32.2. The predicted octanol–water partition coefficient (Wildman–Crippen LogP) is 1.36. The van der Waals surface area contributed by atoms with E-state index in [1.807, 2.05) is 13.8 Å². The first-order valence-electron chi connectivity index (χ1n) is 7.09. The average Bonchev–Trinajstić information content (AvgIpc) is 2.44. The lowest BCUT2D eigenvalue weighted by atomic mass is 10.1. The zero-order valence-corrected chi connectivity index (χ0v) is 14.5. The number of hydrogen-bond donors (Lipinski definition) is 2. The van der Waals surface area contributed by atoms with Crippen LogP contribution in [0.4, 0.5) is 0 Å². The molecule has 1 aromatic carbocycles. The number of sulfonamides is 1. The third-order valence-corrected chi connectivity index (χ3v) is 4.66. The lowest BCUT2D eigenvalue weighted by molar-refractivity contribution is -0.120. The maximum absolute atomic E-state index is 12.3. The summed E-state index contributed by atoms with van der Waals surface area (Å²) in [6.07, 6.45) is 0. The zero-order valence-electron chi connectivity index (χ0n) is 13.7. The first kappa shape index (κ1) is 18.4. The summed E-state index contributed by atoms with van der Waals surface area (Å²) in [6.45, 7) is 7.63. The van der Waals surface area contributed by atoms with Gasteiger partial charge in [0.05, 0.1) is 18.6 Å². The Balaban J connectivity index is 2.83. The van der Waals surface area contributed by atoms with E-state index in [4.69, 9.17) is 4.74 Å². The fraction of sp³-hybridized carbons (Fsp3) is 0.533. The number of amides is 1. The molecular formula is C15H24N2O4S. The Morgan fingerprint density at radius 3 is 2.41 bits per heavy atom. The fourth-order valence-electron chi connectivity index (χ4n) is 1.89. The Bertz CT molecular complexity index is 639. The molecule has 0 saturated heterocycles. The van der Waals surface area contributed by atoms with Gasteiger partial charge in [0.15, 0.2) is 0 Å². The van der Waals surface area contributed by atoms with Crippen LogP contribution in [-0.2, 0) is 14.8 Å². The summed E-state index contributed by atoms with van der Waals surface area (Å²) >= 11 is 0. The van der Waals surface area contributed by atoms with E-state index in [1.54, 1.807) is 26.0 Å². The molecule has 2 N–H and O–H groups in total. The van der Waals surface area contributed by atoms with Crippen LogP contribution in [0.2, 0.25) is 0 Å². The molecule has 0 radical (unpaired) electrons. The lowest BCUT2D eigenvalue weighted by Crippen LogP contribution is -2.38. The van der Waals surface area contributed by atoms with E-state index in [0.29, 0.717) is 23.8 Å². The number of aryl methyl sites for hydroxylation is 2. The lowest BCUT2D eigenvalue weighted by Gasteiger charge is -2.13. The zero-order chi connectivity index (χ0) is 16.9. The van der Waals surface area contributed by atoms with Crippen molar-refractivity contribution in [2.45, 2.75) is 32.6 Å². The molecule has 1 amide bonds. The number of nitrogens with one attached hydrogen (secondary N) is 2. The molecule has 0 bridgehead atoms. The molecule has 22 heavy (non-hydrogen) atoms. The van der Waals surface area contributed by atoms with Crippen LogP contribution in [0.25, 0.3) is 0 Å². The normalized spacial score (nSPS) is 11.5. The van der Waals surface area contributed by atoms with Crippen molar-refractivity contribution in [2.24, 2.45) is 5.92 Å². The molecule has 0 aliphatic heterocycles. The van der Waals surface area contributed by atoms with Crippen molar-refractivity contribution in [3.05, 3.63) is 23.3 Å². The summed E-state index contributed by atoms with van der Waals surface area (Å²) < 4.78 is 32.1. The molecule has 0 saturated carbocycles. The van der Waals surface area contributed by atoms with Gasteiger partial charge in [-0.05, 0) is 43.0 Å². The van der Waals surface area contributed by atoms with Crippen LogP contribution in [0.5, 0.6) is 5.75 Å². The average molecular weight is 328 g/mol. The van der Waals surface area contributed by atoms with Crippen molar-refractivity contribution >= 4 is 15.9 Å². The van der Waals surface area contributed by atoms with Crippen LogP contribution < -0.4 is 14.8 Å². The van der Waals surface area contributed by atoms with E-state index in [0.717, 1.165) is 5.56 Å². The molecular weight excluding hydrogens is 304 g/mol. The molecule has 0 spiro atoms. The molecule has 7 heteroatoms. The Kier molecular flexibility index (Phi) is 6.37. The first-order valence-corrected chi connectivity index (χ1v) is 8.57. The number of carbonyl (C=O) groups excluding carboxylic acids is 1. The van der Waals surface area contributed by atoms with E-state index in [-0.39, 0.29) is 17.3 Å². The third kappa shape index (κ3) is 4.99. The summed E-state index contributed by atoms with van der Waals surface area (Å²) in [5, 5.41) is 2.66. The predicted molar refractivity (Wildman–Crippen MR) is 85.5 cm³/mol. The number of benzene rings is 1. The SMILES string of the molecule is COc1cc(C)c(S(=O)(=O)NCC(=O)NCC(C)C)cc1C. The van der Waals surface area contributed by atoms with E-state index in [2.05, 4.69) is 10.0 Å². The molecule has 124 valence electrons. The second kappa shape index (κ2) is 7.60. The van der Waals surface area contributed by atoms with Gasteiger partial charge < -0.3 is 10.1 Å². The summed E-state index contributed by atoms with van der Waals surface area (Å²) in [4.78, 5) is 11.8. The quantitative estimate of drug-likeness (QED) is 0.791. The highest BCUT2D eigenvalue weighted by Gasteiger charge is 2.19. The molecule has 0 unspecified atom stereocenters. The topological polar surface area (TPSA) is 84.5 Å². The van der Waals surface area contributed by atoms with Crippen molar-refractivity contribution in [1.29, 1.82) is 0 Å². The van der Waals surface area contributed by atoms with E-state index >= 15 is 0 Å². The molecule has 0 aromatic heterocycles. The van der Waals surface area contributed by atoms with Gasteiger partial charge >= 0.3 is 0 Å². The van der Waals surface area contributed by atoms with Gasteiger partial charge in [-0.2, -0.15) is 0 Å². The molecule has 0 aliphatic rings. The molecule has 6 nitrogen and oxygen atoms in total. The van der Waals surface area contributed by atoms with Gasteiger partial charge in [0, 0.05) is 6.54 Å². The minimum atomic E-state index is -3.74. The van der Waals surface area contributed by atoms with Crippen LogP contribution in [0.1, 0.15) is 25.0 Å². The van der Waals surface area contributed by atoms with Crippen LogP contribution in [0, 0.1) is 19.8 Å². The molecule has 0 heterocycles. The van der Waals surface area contributed by atoms with Gasteiger partial charge in [-0.3, -0.25) is 4.79 Å². The molecule has 0 atom stereocenters. The number of methoxy groups -OCH3 is 1. The monoisotopic (exact) mass is 328 g/mol. The summed E-state index contributed by atoms with van der Waals surface area (Å²) in [5.74, 6) is 0.596. The van der Waals surface area contributed by atoms with Crippen molar-refractivity contribution in [2.75, 3.05) is 20.2 Å². The Morgan fingerprint density at radius 1 is 1.23 bits per heavy atom. The Labute approximate surface area is 132 Å². The van der Waals surface area contributed by atoms with Crippen LogP contribution in [-0.4, -0.2) is 34.5 Å². The molecule has 1 rings (SSSR count). The summed E-state index contributed by atoms with van der Waals surface area (Å²) in [5.41, 5.74) is 1.29. The van der Waals surface area contributed by atoms with Crippen molar-refractivity contribution in [3.8, 4) is 5.75 Å². The van der Waals surface area contributed by atoms with Crippen LogP contribution in [0.3, 0.4) is 0 Å². The van der Waals surface area contributed by atoms with Gasteiger partial charge in [-0.1, -0.05) is 13.8 Å². The van der Waals surface area contributed by atoms with Crippen LogP contribution in [0.15, 0.2) is 17.0 Å². The maximum atomic E-state index is 12.3. The smallest absolute Gasteiger partial charge is 0.241 e. The van der Waals surface area contributed by atoms with E-state index < -0.39 is 10.0 Å².